The Morgan fingerprint density at radius 1 is 1.32 bits per heavy atom. The molecule has 1 saturated carbocycles. The number of carboxylic acids is 1. The van der Waals surface area contributed by atoms with Crippen LogP contribution in [0.4, 0.5) is 0 Å². The number of aromatic carboxylic acids is 1. The topological polar surface area (TPSA) is 66.4 Å². The lowest BCUT2D eigenvalue weighted by Gasteiger charge is -2.17. The van der Waals surface area contributed by atoms with E-state index in [-0.39, 0.29) is 11.8 Å². The zero-order valence-corrected chi connectivity index (χ0v) is 11.2. The molecule has 3 atom stereocenters. The standard InChI is InChI=1S/C14H15NO3S/c16-13(11-6-8-1-2-9(11)5-8)15-7-10-3-4-12(19-10)14(17)18/h1-4,8-9,11H,5-7H2,(H,15,16)(H,17,18). The SMILES string of the molecule is O=C(O)c1ccc(CNC(=O)C2CC3C=CC2C3)s1. The molecule has 19 heavy (non-hydrogen) atoms. The summed E-state index contributed by atoms with van der Waals surface area (Å²) in [7, 11) is 0. The molecule has 1 heterocycles. The second-order valence-corrected chi connectivity index (χ2v) is 6.34. The molecule has 0 radical (unpaired) electrons. The Balaban J connectivity index is 1.55. The van der Waals surface area contributed by atoms with Gasteiger partial charge in [0, 0.05) is 10.8 Å². The smallest absolute Gasteiger partial charge is 0.345 e. The van der Waals surface area contributed by atoms with Gasteiger partial charge in [-0.3, -0.25) is 4.79 Å². The van der Waals surface area contributed by atoms with Crippen molar-refractivity contribution in [1.29, 1.82) is 0 Å². The van der Waals surface area contributed by atoms with Crippen LogP contribution in [0.2, 0.25) is 0 Å². The van der Waals surface area contributed by atoms with Crippen LogP contribution >= 0.6 is 11.3 Å². The van der Waals surface area contributed by atoms with Crippen LogP contribution in [0.15, 0.2) is 24.3 Å². The second kappa shape index (κ2) is 4.81. The summed E-state index contributed by atoms with van der Waals surface area (Å²) in [6.07, 6.45) is 6.44. The van der Waals surface area contributed by atoms with Gasteiger partial charge in [0.15, 0.2) is 0 Å². The quantitative estimate of drug-likeness (QED) is 0.830. The lowest BCUT2D eigenvalue weighted by Crippen LogP contribution is -2.32. The molecule has 0 aromatic carbocycles. The fraction of sp³-hybridized carbons (Fsp3) is 0.429. The van der Waals surface area contributed by atoms with Crippen molar-refractivity contribution in [3.05, 3.63) is 34.0 Å². The van der Waals surface area contributed by atoms with Gasteiger partial charge in [0.2, 0.25) is 5.91 Å². The van der Waals surface area contributed by atoms with Gasteiger partial charge in [0.1, 0.15) is 4.88 Å². The van der Waals surface area contributed by atoms with E-state index in [0.29, 0.717) is 23.3 Å². The van der Waals surface area contributed by atoms with Gasteiger partial charge in [-0.05, 0) is 36.8 Å². The number of hydrogen-bond acceptors (Lipinski definition) is 3. The Morgan fingerprint density at radius 2 is 2.16 bits per heavy atom. The molecule has 0 spiro atoms. The average molecular weight is 277 g/mol. The van der Waals surface area contributed by atoms with Crippen LogP contribution in [0.3, 0.4) is 0 Å². The van der Waals surface area contributed by atoms with Crippen LogP contribution in [0.1, 0.15) is 27.4 Å². The molecule has 2 aliphatic carbocycles. The van der Waals surface area contributed by atoms with Crippen molar-refractivity contribution in [3.8, 4) is 0 Å². The zero-order chi connectivity index (χ0) is 13.4. The lowest BCUT2D eigenvalue weighted by atomic mass is 9.93. The number of carbonyl (C=O) groups excluding carboxylic acids is 1. The van der Waals surface area contributed by atoms with Crippen LogP contribution in [-0.2, 0) is 11.3 Å². The number of carboxylic acid groups (broad SMARTS) is 1. The highest BCUT2D eigenvalue weighted by molar-refractivity contribution is 7.13. The van der Waals surface area contributed by atoms with Gasteiger partial charge in [0.25, 0.3) is 0 Å². The molecule has 1 amide bonds. The Morgan fingerprint density at radius 3 is 2.74 bits per heavy atom. The van der Waals surface area contributed by atoms with Crippen molar-refractivity contribution in [2.24, 2.45) is 17.8 Å². The molecule has 0 saturated heterocycles. The molecular formula is C14H15NO3S. The molecule has 1 aromatic heterocycles. The Hall–Kier alpha value is -1.62. The maximum Gasteiger partial charge on any atom is 0.345 e. The van der Waals surface area contributed by atoms with Crippen LogP contribution in [0.5, 0.6) is 0 Å². The first-order valence-electron chi connectivity index (χ1n) is 6.41. The fourth-order valence-corrected chi connectivity index (χ4v) is 3.76. The van der Waals surface area contributed by atoms with Gasteiger partial charge < -0.3 is 10.4 Å². The van der Waals surface area contributed by atoms with Crippen molar-refractivity contribution >= 4 is 23.2 Å². The molecule has 3 unspecified atom stereocenters. The Bertz CT molecular complexity index is 549. The van der Waals surface area contributed by atoms with Gasteiger partial charge in [-0.1, -0.05) is 12.2 Å². The maximum atomic E-state index is 12.1. The number of hydrogen-bond donors (Lipinski definition) is 2. The van der Waals surface area contributed by atoms with E-state index >= 15 is 0 Å². The minimum absolute atomic E-state index is 0.0992. The highest BCUT2D eigenvalue weighted by Gasteiger charge is 2.39. The van der Waals surface area contributed by atoms with E-state index in [0.717, 1.165) is 17.7 Å². The first-order valence-corrected chi connectivity index (χ1v) is 7.23. The number of carbonyl (C=O) groups is 2. The van der Waals surface area contributed by atoms with Crippen molar-refractivity contribution in [1.82, 2.24) is 5.32 Å². The number of allylic oxidation sites excluding steroid dienone is 2. The number of thiophene rings is 1. The van der Waals surface area contributed by atoms with E-state index in [1.54, 1.807) is 12.1 Å². The summed E-state index contributed by atoms with van der Waals surface area (Å²) in [4.78, 5) is 24.0. The van der Waals surface area contributed by atoms with E-state index in [4.69, 9.17) is 5.11 Å². The van der Waals surface area contributed by atoms with E-state index in [2.05, 4.69) is 17.5 Å². The molecule has 4 nitrogen and oxygen atoms in total. The number of fused-ring (bicyclic) bond motifs is 2. The molecule has 1 aromatic rings. The number of rotatable bonds is 4. The third-order valence-electron chi connectivity index (χ3n) is 3.92. The largest absolute Gasteiger partial charge is 0.477 e. The number of nitrogens with one attached hydrogen (secondary N) is 1. The van der Waals surface area contributed by atoms with E-state index in [1.807, 2.05) is 0 Å². The van der Waals surface area contributed by atoms with Crippen molar-refractivity contribution < 1.29 is 14.7 Å². The molecule has 5 heteroatoms. The van der Waals surface area contributed by atoms with Gasteiger partial charge in [0.05, 0.1) is 6.54 Å². The van der Waals surface area contributed by atoms with Gasteiger partial charge in [-0.25, -0.2) is 4.79 Å². The fourth-order valence-electron chi connectivity index (χ4n) is 2.98. The third kappa shape index (κ3) is 2.42. The maximum absolute atomic E-state index is 12.1. The van der Waals surface area contributed by atoms with Crippen molar-refractivity contribution in [2.75, 3.05) is 0 Å². The predicted molar refractivity (Wildman–Crippen MR) is 72.0 cm³/mol. The van der Waals surface area contributed by atoms with E-state index in [9.17, 15) is 9.59 Å². The van der Waals surface area contributed by atoms with Crippen LogP contribution in [0, 0.1) is 17.8 Å². The Labute approximate surface area is 115 Å². The number of amides is 1. The van der Waals surface area contributed by atoms with Crippen molar-refractivity contribution in [2.45, 2.75) is 19.4 Å². The molecule has 3 rings (SSSR count). The molecule has 2 bridgehead atoms. The predicted octanol–water partition coefficient (Wildman–Crippen LogP) is 2.27. The highest BCUT2D eigenvalue weighted by atomic mass is 32.1. The summed E-state index contributed by atoms with van der Waals surface area (Å²) >= 11 is 1.21. The summed E-state index contributed by atoms with van der Waals surface area (Å²) in [5, 5.41) is 11.8. The third-order valence-corrected chi connectivity index (χ3v) is 5.00. The van der Waals surface area contributed by atoms with Crippen LogP contribution in [-0.4, -0.2) is 17.0 Å². The monoisotopic (exact) mass is 277 g/mol. The normalized spacial score (nSPS) is 27.7. The first kappa shape index (κ1) is 12.4. The minimum Gasteiger partial charge on any atom is -0.477 e. The van der Waals surface area contributed by atoms with Crippen LogP contribution in [0.25, 0.3) is 0 Å². The second-order valence-electron chi connectivity index (χ2n) is 5.18. The molecule has 0 aliphatic heterocycles. The molecule has 1 fully saturated rings. The summed E-state index contributed by atoms with van der Waals surface area (Å²) in [5.74, 6) is 0.279. The summed E-state index contributed by atoms with van der Waals surface area (Å²) in [6, 6.07) is 3.34. The van der Waals surface area contributed by atoms with E-state index < -0.39 is 5.97 Å². The zero-order valence-electron chi connectivity index (χ0n) is 10.3. The summed E-state index contributed by atoms with van der Waals surface area (Å²) < 4.78 is 0. The van der Waals surface area contributed by atoms with Gasteiger partial charge in [-0.2, -0.15) is 0 Å². The Kier molecular flexibility index (Phi) is 3.14. The van der Waals surface area contributed by atoms with Crippen LogP contribution < -0.4 is 5.32 Å². The molecule has 100 valence electrons. The molecule has 2 aliphatic rings. The highest BCUT2D eigenvalue weighted by Crippen LogP contribution is 2.43. The van der Waals surface area contributed by atoms with Gasteiger partial charge >= 0.3 is 5.97 Å². The van der Waals surface area contributed by atoms with Crippen molar-refractivity contribution in [3.63, 3.8) is 0 Å². The lowest BCUT2D eigenvalue weighted by molar-refractivity contribution is -0.125. The molecule has 2 N–H and O–H groups in total. The summed E-state index contributed by atoms with van der Waals surface area (Å²) in [5.41, 5.74) is 0. The minimum atomic E-state index is -0.916. The first-order chi connectivity index (χ1) is 9.13. The summed E-state index contributed by atoms with van der Waals surface area (Å²) in [6.45, 7) is 0.425. The molecular weight excluding hydrogens is 262 g/mol. The van der Waals surface area contributed by atoms with E-state index in [1.165, 1.54) is 11.3 Å². The van der Waals surface area contributed by atoms with Gasteiger partial charge in [-0.15, -0.1) is 11.3 Å². The average Bonchev–Trinajstić information content (AvgIpc) is 3.11.